The lowest BCUT2D eigenvalue weighted by molar-refractivity contribution is 0.0864. The third kappa shape index (κ3) is 8.82. The highest BCUT2D eigenvalue weighted by Gasteiger charge is 2.13. The fraction of sp³-hybridized carbons (Fsp3) is 0.643. The first-order valence-electron chi connectivity index (χ1n) is 6.62. The van der Waals surface area contributed by atoms with Gasteiger partial charge in [0.2, 0.25) is 0 Å². The Bertz CT molecular complexity index is 251. The minimum atomic E-state index is -0.303. The summed E-state index contributed by atoms with van der Waals surface area (Å²) in [6.45, 7) is 7.19. The molecule has 0 aliphatic heterocycles. The van der Waals surface area contributed by atoms with Crippen LogP contribution in [0.2, 0.25) is 0 Å². The highest BCUT2D eigenvalue weighted by Crippen LogP contribution is 2.15. The molecule has 1 amide bonds. The first-order chi connectivity index (χ1) is 8.83. The van der Waals surface area contributed by atoms with Crippen LogP contribution in [0.25, 0.3) is 0 Å². The summed E-state index contributed by atoms with van der Waals surface area (Å²) in [4.78, 5) is 11.4. The number of ether oxygens (including phenoxy) is 1. The first kappa shape index (κ1) is 16.7. The van der Waals surface area contributed by atoms with Crippen LogP contribution in [-0.2, 0) is 4.74 Å². The van der Waals surface area contributed by atoms with Crippen LogP contribution in [0.1, 0.15) is 41.4 Å². The summed E-state index contributed by atoms with van der Waals surface area (Å²) < 4.78 is 5.35. The standard InChI is InChI=1S/C12H22N2O2.C2H4.2H2/c13-9-6-10-14-12(15)16-11-7-4-2-1-3-5-8-11;1-2;;/h1-2,11H,3-10,13H2,(H,14,15);1-2H2;2*1H/b2-1+;;;. The van der Waals surface area contributed by atoms with Crippen LogP contribution in [-0.4, -0.2) is 25.3 Å². The number of hydrogen-bond donors (Lipinski definition) is 2. The summed E-state index contributed by atoms with van der Waals surface area (Å²) in [5.74, 6) is 0. The van der Waals surface area contributed by atoms with Gasteiger partial charge in [0, 0.05) is 9.40 Å². The van der Waals surface area contributed by atoms with Gasteiger partial charge in [0.05, 0.1) is 0 Å². The molecule has 108 valence electrons. The molecule has 0 saturated carbocycles. The Labute approximate surface area is 113 Å². The maximum atomic E-state index is 11.4. The number of hydrogen-bond acceptors (Lipinski definition) is 3. The summed E-state index contributed by atoms with van der Waals surface area (Å²) >= 11 is 0. The molecule has 0 heterocycles. The van der Waals surface area contributed by atoms with E-state index in [1.807, 2.05) is 0 Å². The average Bonchev–Trinajstić information content (AvgIpc) is 2.35. The summed E-state index contributed by atoms with van der Waals surface area (Å²) in [6.07, 6.45) is 10.0. The number of nitrogens with two attached hydrogens (primary N) is 1. The molecule has 1 aliphatic carbocycles. The maximum absolute atomic E-state index is 11.4. The van der Waals surface area contributed by atoms with E-state index in [4.69, 9.17) is 10.5 Å². The van der Waals surface area contributed by atoms with Gasteiger partial charge in [-0.1, -0.05) is 12.2 Å². The Morgan fingerprint density at radius 3 is 2.83 bits per heavy atom. The molecule has 18 heavy (non-hydrogen) atoms. The van der Waals surface area contributed by atoms with Gasteiger partial charge in [-0.25, -0.2) is 4.79 Å². The van der Waals surface area contributed by atoms with Crippen LogP contribution in [0.5, 0.6) is 0 Å². The minimum Gasteiger partial charge on any atom is -0.446 e. The van der Waals surface area contributed by atoms with Crippen LogP contribution in [0.3, 0.4) is 0 Å². The van der Waals surface area contributed by atoms with Gasteiger partial charge in [0.25, 0.3) is 0 Å². The zero-order valence-corrected chi connectivity index (χ0v) is 11.2. The van der Waals surface area contributed by atoms with Crippen molar-refractivity contribution in [3.63, 3.8) is 0 Å². The van der Waals surface area contributed by atoms with E-state index in [2.05, 4.69) is 30.6 Å². The topological polar surface area (TPSA) is 64.3 Å². The van der Waals surface area contributed by atoms with Gasteiger partial charge < -0.3 is 15.8 Å². The predicted molar refractivity (Wildman–Crippen MR) is 79.7 cm³/mol. The van der Waals surface area contributed by atoms with Gasteiger partial charge >= 0.3 is 6.09 Å². The second-order valence-electron chi connectivity index (χ2n) is 4.08. The van der Waals surface area contributed by atoms with E-state index in [0.29, 0.717) is 13.1 Å². The smallest absolute Gasteiger partial charge is 0.407 e. The van der Waals surface area contributed by atoms with Crippen LogP contribution in [0, 0.1) is 0 Å². The molecule has 0 fully saturated rings. The normalized spacial score (nSPS) is 20.6. The molecular formula is C14H30N2O2. The number of carbonyl (C=O) groups is 1. The van der Waals surface area contributed by atoms with Crippen molar-refractivity contribution in [2.75, 3.05) is 13.1 Å². The van der Waals surface area contributed by atoms with Crippen molar-refractivity contribution in [3.8, 4) is 0 Å². The number of amides is 1. The second kappa shape index (κ2) is 12.2. The molecular weight excluding hydrogens is 228 g/mol. The van der Waals surface area contributed by atoms with E-state index in [-0.39, 0.29) is 15.1 Å². The van der Waals surface area contributed by atoms with Gasteiger partial charge in [-0.3, -0.25) is 0 Å². The largest absolute Gasteiger partial charge is 0.446 e. The molecule has 0 aromatic heterocycles. The van der Waals surface area contributed by atoms with Crippen molar-refractivity contribution in [2.24, 2.45) is 5.73 Å². The first-order valence-corrected chi connectivity index (χ1v) is 6.62. The molecule has 3 N–H and O–H groups in total. The average molecular weight is 258 g/mol. The molecule has 0 radical (unpaired) electrons. The maximum Gasteiger partial charge on any atom is 0.407 e. The van der Waals surface area contributed by atoms with Crippen molar-refractivity contribution >= 4 is 6.09 Å². The monoisotopic (exact) mass is 258 g/mol. The highest BCUT2D eigenvalue weighted by molar-refractivity contribution is 5.67. The molecule has 0 aromatic rings. The number of rotatable bonds is 4. The number of nitrogens with one attached hydrogen (secondary N) is 1. The number of allylic oxidation sites excluding steroid dienone is 2. The minimum absolute atomic E-state index is 0. The van der Waals surface area contributed by atoms with Crippen LogP contribution in [0.4, 0.5) is 4.79 Å². The van der Waals surface area contributed by atoms with Crippen molar-refractivity contribution in [3.05, 3.63) is 25.3 Å². The van der Waals surface area contributed by atoms with Gasteiger partial charge in [-0.2, -0.15) is 0 Å². The Kier molecular flexibility index (Phi) is 11.3. The molecule has 4 nitrogen and oxygen atoms in total. The van der Waals surface area contributed by atoms with Gasteiger partial charge in [0.15, 0.2) is 0 Å². The fourth-order valence-electron chi connectivity index (χ4n) is 1.73. The Morgan fingerprint density at radius 1 is 1.39 bits per heavy atom. The Hall–Kier alpha value is -1.29. The lowest BCUT2D eigenvalue weighted by atomic mass is 10.0. The summed E-state index contributed by atoms with van der Waals surface area (Å²) in [7, 11) is 0. The fourth-order valence-corrected chi connectivity index (χ4v) is 1.73. The van der Waals surface area contributed by atoms with E-state index >= 15 is 0 Å². The molecule has 0 bridgehead atoms. The van der Waals surface area contributed by atoms with E-state index in [1.54, 1.807) is 0 Å². The molecule has 1 unspecified atom stereocenters. The molecule has 1 rings (SSSR count). The van der Waals surface area contributed by atoms with Crippen LogP contribution >= 0.6 is 0 Å². The van der Waals surface area contributed by atoms with E-state index in [1.165, 1.54) is 0 Å². The molecule has 0 saturated heterocycles. The van der Waals surface area contributed by atoms with Gasteiger partial charge in [0.1, 0.15) is 6.10 Å². The zero-order chi connectivity index (χ0) is 13.6. The van der Waals surface area contributed by atoms with E-state index in [9.17, 15) is 4.79 Å². The number of carbonyl (C=O) groups excluding carboxylic acids is 1. The summed E-state index contributed by atoms with van der Waals surface area (Å²) in [6, 6.07) is 0. The van der Waals surface area contributed by atoms with Crippen molar-refractivity contribution < 1.29 is 12.4 Å². The molecule has 0 aromatic carbocycles. The number of alkyl carbamates (subject to hydrolysis) is 1. The third-order valence-electron chi connectivity index (χ3n) is 2.64. The molecule has 1 atom stereocenters. The lowest BCUT2D eigenvalue weighted by Crippen LogP contribution is -2.30. The van der Waals surface area contributed by atoms with Crippen molar-refractivity contribution in [1.29, 1.82) is 0 Å². The molecule has 4 heteroatoms. The van der Waals surface area contributed by atoms with Gasteiger partial charge in [-0.05, 0) is 45.1 Å². The van der Waals surface area contributed by atoms with Crippen molar-refractivity contribution in [1.82, 2.24) is 5.32 Å². The van der Waals surface area contributed by atoms with E-state index < -0.39 is 0 Å². The SMILES string of the molecule is C=C.NCCCNC(=O)OC1CC/C=C/CCC1.[HH].[HH]. The summed E-state index contributed by atoms with van der Waals surface area (Å²) in [5, 5.41) is 2.71. The predicted octanol–water partition coefficient (Wildman–Crippen LogP) is 3.24. The second-order valence-corrected chi connectivity index (χ2v) is 4.08. The zero-order valence-electron chi connectivity index (χ0n) is 11.2. The van der Waals surface area contributed by atoms with Crippen molar-refractivity contribution in [2.45, 2.75) is 44.6 Å². The van der Waals surface area contributed by atoms with Crippen LogP contribution in [0.15, 0.2) is 25.3 Å². The Morgan fingerprint density at radius 2 is 2.11 bits per heavy atom. The quantitative estimate of drug-likeness (QED) is 0.601. The molecule has 1 aliphatic rings. The third-order valence-corrected chi connectivity index (χ3v) is 2.64. The molecule has 0 spiro atoms. The highest BCUT2D eigenvalue weighted by atomic mass is 16.6. The summed E-state index contributed by atoms with van der Waals surface area (Å²) in [5.41, 5.74) is 5.34. The van der Waals surface area contributed by atoms with E-state index in [0.717, 1.165) is 38.5 Å². The van der Waals surface area contributed by atoms with Crippen LogP contribution < -0.4 is 11.1 Å². The Balaban J connectivity index is -0.000000689. The van der Waals surface area contributed by atoms with Gasteiger partial charge in [-0.15, -0.1) is 13.2 Å². The lowest BCUT2D eigenvalue weighted by Gasteiger charge is -2.18.